The lowest BCUT2D eigenvalue weighted by Crippen LogP contribution is -2.43. The molecule has 1 aliphatic carbocycles. The summed E-state index contributed by atoms with van der Waals surface area (Å²) in [6.07, 6.45) is 5.43. The normalized spacial score (nSPS) is 14.5. The third-order valence-corrected chi connectivity index (χ3v) is 5.55. The van der Waals surface area contributed by atoms with Gasteiger partial charge in [-0.3, -0.25) is 4.79 Å². The number of ether oxygens (including phenoxy) is 1. The van der Waals surface area contributed by atoms with Gasteiger partial charge in [0.05, 0.1) is 5.56 Å². The van der Waals surface area contributed by atoms with Crippen molar-refractivity contribution >= 4 is 28.3 Å². The first-order chi connectivity index (χ1) is 14.2. The molecule has 148 valence electrons. The van der Waals surface area contributed by atoms with E-state index < -0.39 is 5.97 Å². The van der Waals surface area contributed by atoms with Crippen molar-refractivity contribution in [3.8, 4) is 0 Å². The monoisotopic (exact) mass is 387 g/mol. The Morgan fingerprint density at radius 2 is 1.52 bits per heavy atom. The maximum absolute atomic E-state index is 13.0. The molecule has 4 rings (SSSR count). The third kappa shape index (κ3) is 4.48. The van der Waals surface area contributed by atoms with Crippen molar-refractivity contribution in [2.45, 2.75) is 38.1 Å². The van der Waals surface area contributed by atoms with E-state index in [4.69, 9.17) is 4.74 Å². The highest BCUT2D eigenvalue weighted by molar-refractivity contribution is 5.99. The van der Waals surface area contributed by atoms with Gasteiger partial charge in [0.2, 0.25) is 0 Å². The topological polar surface area (TPSA) is 46.6 Å². The van der Waals surface area contributed by atoms with Crippen molar-refractivity contribution in [1.82, 2.24) is 0 Å². The molecule has 1 amide bonds. The van der Waals surface area contributed by atoms with Gasteiger partial charge in [0, 0.05) is 11.7 Å². The number of benzene rings is 3. The fourth-order valence-electron chi connectivity index (χ4n) is 4.08. The quantitative estimate of drug-likeness (QED) is 0.554. The lowest BCUT2D eigenvalue weighted by Gasteiger charge is -2.34. The average molecular weight is 387 g/mol. The maximum Gasteiger partial charge on any atom is 0.338 e. The molecule has 0 aromatic heterocycles. The van der Waals surface area contributed by atoms with Gasteiger partial charge in [-0.25, -0.2) is 4.79 Å². The molecule has 3 aromatic carbocycles. The van der Waals surface area contributed by atoms with Gasteiger partial charge in [-0.15, -0.1) is 0 Å². The zero-order chi connectivity index (χ0) is 20.1. The minimum absolute atomic E-state index is 0.165. The molecule has 0 saturated heterocycles. The van der Waals surface area contributed by atoms with Crippen LogP contribution in [0, 0.1) is 0 Å². The molecular weight excluding hydrogens is 362 g/mol. The van der Waals surface area contributed by atoms with Crippen LogP contribution in [0.3, 0.4) is 0 Å². The van der Waals surface area contributed by atoms with Crippen molar-refractivity contribution < 1.29 is 14.3 Å². The highest BCUT2D eigenvalue weighted by atomic mass is 16.5. The second-order valence-corrected chi connectivity index (χ2v) is 7.53. The maximum atomic E-state index is 13.0. The number of fused-ring (bicyclic) bond motifs is 1. The summed E-state index contributed by atoms with van der Waals surface area (Å²) in [6, 6.07) is 23.1. The molecule has 3 aromatic rings. The molecule has 0 aliphatic heterocycles. The molecule has 29 heavy (non-hydrogen) atoms. The van der Waals surface area contributed by atoms with Gasteiger partial charge in [0.25, 0.3) is 5.91 Å². The van der Waals surface area contributed by atoms with E-state index in [2.05, 4.69) is 0 Å². The molecular formula is C25H25NO3. The number of amides is 1. The van der Waals surface area contributed by atoms with Gasteiger partial charge in [0.15, 0.2) is 6.61 Å². The molecule has 0 spiro atoms. The van der Waals surface area contributed by atoms with Crippen LogP contribution >= 0.6 is 0 Å². The van der Waals surface area contributed by atoms with Crippen LogP contribution in [-0.2, 0) is 9.53 Å². The average Bonchev–Trinajstić information content (AvgIpc) is 2.79. The smallest absolute Gasteiger partial charge is 0.338 e. The molecule has 0 unspecified atom stereocenters. The second kappa shape index (κ2) is 8.91. The molecule has 1 fully saturated rings. The summed E-state index contributed by atoms with van der Waals surface area (Å²) in [5.41, 5.74) is 1.33. The molecule has 1 aliphatic rings. The highest BCUT2D eigenvalue weighted by Gasteiger charge is 2.27. The lowest BCUT2D eigenvalue weighted by atomic mass is 9.93. The van der Waals surface area contributed by atoms with Crippen molar-refractivity contribution in [2.24, 2.45) is 0 Å². The zero-order valence-electron chi connectivity index (χ0n) is 16.4. The van der Waals surface area contributed by atoms with E-state index >= 15 is 0 Å². The number of hydrogen-bond donors (Lipinski definition) is 0. The van der Waals surface area contributed by atoms with Gasteiger partial charge in [-0.05, 0) is 47.9 Å². The van der Waals surface area contributed by atoms with Crippen LogP contribution in [0.4, 0.5) is 5.69 Å². The zero-order valence-corrected chi connectivity index (χ0v) is 16.4. The Bertz CT molecular complexity index is 993. The minimum Gasteiger partial charge on any atom is -0.452 e. The van der Waals surface area contributed by atoms with Crippen LogP contribution in [0.5, 0.6) is 0 Å². The summed E-state index contributed by atoms with van der Waals surface area (Å²) in [5.74, 6) is -0.641. The van der Waals surface area contributed by atoms with E-state index in [9.17, 15) is 9.59 Å². The van der Waals surface area contributed by atoms with Crippen molar-refractivity contribution in [1.29, 1.82) is 0 Å². The number of carbonyl (C=O) groups is 2. The van der Waals surface area contributed by atoms with Crippen LogP contribution < -0.4 is 4.90 Å². The predicted octanol–water partition coefficient (Wildman–Crippen LogP) is 5.36. The van der Waals surface area contributed by atoms with Crippen molar-refractivity contribution in [3.63, 3.8) is 0 Å². The Hall–Kier alpha value is -3.14. The van der Waals surface area contributed by atoms with Crippen LogP contribution in [0.2, 0.25) is 0 Å². The van der Waals surface area contributed by atoms with Gasteiger partial charge in [-0.1, -0.05) is 67.8 Å². The van der Waals surface area contributed by atoms with Crippen molar-refractivity contribution in [3.05, 3.63) is 78.4 Å². The molecule has 0 atom stereocenters. The van der Waals surface area contributed by atoms with Gasteiger partial charge >= 0.3 is 5.97 Å². The predicted molar refractivity (Wildman–Crippen MR) is 115 cm³/mol. The molecule has 4 heteroatoms. The van der Waals surface area contributed by atoms with Gasteiger partial charge in [0.1, 0.15) is 0 Å². The second-order valence-electron chi connectivity index (χ2n) is 7.53. The Labute approximate surface area is 171 Å². The Kier molecular flexibility index (Phi) is 5.89. The molecule has 0 N–H and O–H groups in total. The molecule has 0 radical (unpaired) electrons. The standard InChI is InChI=1S/C25H25NO3/c27-24(26(22-11-3-1-4-12-22)23-13-5-2-6-14-23)18-29-25(28)21-16-15-19-9-7-8-10-20(19)17-21/h1,3-4,7-12,15-17,23H,2,5-6,13-14,18H2. The largest absolute Gasteiger partial charge is 0.452 e. The molecule has 4 nitrogen and oxygen atoms in total. The van der Waals surface area contributed by atoms with E-state index in [1.54, 1.807) is 12.1 Å². The highest BCUT2D eigenvalue weighted by Crippen LogP contribution is 2.27. The third-order valence-electron chi connectivity index (χ3n) is 5.55. The van der Waals surface area contributed by atoms with Crippen LogP contribution in [0.25, 0.3) is 10.8 Å². The van der Waals surface area contributed by atoms with Crippen LogP contribution in [0.1, 0.15) is 42.5 Å². The van der Waals surface area contributed by atoms with E-state index in [1.807, 2.05) is 65.6 Å². The van der Waals surface area contributed by atoms with E-state index in [0.717, 1.165) is 42.1 Å². The first kappa shape index (κ1) is 19.2. The lowest BCUT2D eigenvalue weighted by molar-refractivity contribution is -0.122. The van der Waals surface area contributed by atoms with Gasteiger partial charge < -0.3 is 9.64 Å². The summed E-state index contributed by atoms with van der Waals surface area (Å²) < 4.78 is 5.40. The van der Waals surface area contributed by atoms with Crippen LogP contribution in [-0.4, -0.2) is 24.5 Å². The summed E-state index contributed by atoms with van der Waals surface area (Å²) >= 11 is 0. The SMILES string of the molecule is O=C(OCC(=O)N(c1ccccc1)C1CCCCC1)c1ccc2ccccc2c1. The number of nitrogens with zero attached hydrogens (tertiary/aromatic N) is 1. The number of esters is 1. The summed E-state index contributed by atoms with van der Waals surface area (Å²) in [7, 11) is 0. The van der Waals surface area contributed by atoms with Gasteiger partial charge in [-0.2, -0.15) is 0 Å². The summed E-state index contributed by atoms with van der Waals surface area (Å²) in [6.45, 7) is -0.253. The van der Waals surface area contributed by atoms with E-state index in [1.165, 1.54) is 6.42 Å². The Balaban J connectivity index is 1.47. The summed E-state index contributed by atoms with van der Waals surface area (Å²) in [5, 5.41) is 2.04. The molecule has 0 heterocycles. The van der Waals surface area contributed by atoms with E-state index in [0.29, 0.717) is 5.56 Å². The Morgan fingerprint density at radius 3 is 2.28 bits per heavy atom. The molecule has 1 saturated carbocycles. The number of carbonyl (C=O) groups excluding carboxylic acids is 2. The first-order valence-electron chi connectivity index (χ1n) is 10.3. The number of para-hydroxylation sites is 1. The van der Waals surface area contributed by atoms with E-state index in [-0.39, 0.29) is 18.6 Å². The van der Waals surface area contributed by atoms with Crippen molar-refractivity contribution in [2.75, 3.05) is 11.5 Å². The minimum atomic E-state index is -0.472. The number of anilines is 1. The fraction of sp³-hybridized carbons (Fsp3) is 0.280. The summed E-state index contributed by atoms with van der Waals surface area (Å²) in [4.78, 5) is 27.4. The van der Waals surface area contributed by atoms with Crippen LogP contribution in [0.15, 0.2) is 72.8 Å². The molecule has 0 bridgehead atoms. The first-order valence-corrected chi connectivity index (χ1v) is 10.3. The fourth-order valence-corrected chi connectivity index (χ4v) is 4.08. The number of hydrogen-bond acceptors (Lipinski definition) is 3. The number of rotatable bonds is 5. The Morgan fingerprint density at radius 1 is 0.828 bits per heavy atom.